The Labute approximate surface area is 104 Å². The number of likely N-dealkylation sites (N-methyl/N-ethyl adjacent to an activating group) is 1. The summed E-state index contributed by atoms with van der Waals surface area (Å²) < 4.78 is 0.722. The number of amides is 1. The first-order valence-corrected chi connectivity index (χ1v) is 5.89. The number of carbonyl (C=O) groups is 1. The van der Waals surface area contributed by atoms with E-state index >= 15 is 0 Å². The van der Waals surface area contributed by atoms with Crippen molar-refractivity contribution >= 4 is 21.8 Å². The van der Waals surface area contributed by atoms with Crippen LogP contribution in [0.1, 0.15) is 24.3 Å². The maximum Gasteiger partial charge on any atom is 0.273 e. The van der Waals surface area contributed by atoms with Gasteiger partial charge in [-0.25, -0.2) is 4.98 Å². The lowest BCUT2D eigenvalue weighted by Crippen LogP contribution is -2.32. The molecule has 0 radical (unpaired) electrons. The molecule has 1 heterocycles. The predicted octanol–water partition coefficient (Wildman–Crippen LogP) is 2.88. The molecule has 16 heavy (non-hydrogen) atoms. The third-order valence-electron chi connectivity index (χ3n) is 2.09. The van der Waals surface area contributed by atoms with Gasteiger partial charge < -0.3 is 4.90 Å². The number of nitrogens with zero attached hydrogens (tertiary/aromatic N) is 2. The molecule has 0 aliphatic carbocycles. The van der Waals surface area contributed by atoms with Crippen molar-refractivity contribution in [1.82, 2.24) is 9.88 Å². The Morgan fingerprint density at radius 3 is 2.81 bits per heavy atom. The monoisotopic (exact) mass is 282 g/mol. The lowest BCUT2D eigenvalue weighted by atomic mass is 10.2. The van der Waals surface area contributed by atoms with Gasteiger partial charge >= 0.3 is 0 Å². The summed E-state index contributed by atoms with van der Waals surface area (Å²) in [5, 5.41) is 0. The van der Waals surface area contributed by atoms with Crippen LogP contribution in [0.25, 0.3) is 0 Å². The smallest absolute Gasteiger partial charge is 0.273 e. The number of halogens is 1. The van der Waals surface area contributed by atoms with Gasteiger partial charge in [0.15, 0.2) is 0 Å². The largest absolute Gasteiger partial charge is 0.334 e. The van der Waals surface area contributed by atoms with Crippen LogP contribution in [0.15, 0.2) is 35.0 Å². The van der Waals surface area contributed by atoms with Gasteiger partial charge in [-0.05, 0) is 41.9 Å². The molecule has 0 spiro atoms. The molecule has 1 rings (SSSR count). The highest BCUT2D eigenvalue weighted by molar-refractivity contribution is 9.10. The van der Waals surface area contributed by atoms with Crippen molar-refractivity contribution in [2.24, 2.45) is 0 Å². The minimum Gasteiger partial charge on any atom is -0.334 e. The summed E-state index contributed by atoms with van der Waals surface area (Å²) in [5.74, 6) is -0.0713. The second kappa shape index (κ2) is 5.80. The highest BCUT2D eigenvalue weighted by atomic mass is 79.9. The average Bonchev–Trinajstić information content (AvgIpc) is 2.25. The molecule has 1 amide bonds. The summed E-state index contributed by atoms with van der Waals surface area (Å²) in [6.07, 6.45) is 1.62. The van der Waals surface area contributed by atoms with Crippen LogP contribution in [0.5, 0.6) is 0 Å². The Hall–Kier alpha value is -1.16. The minimum absolute atomic E-state index is 0.0713. The summed E-state index contributed by atoms with van der Waals surface area (Å²) in [4.78, 5) is 17.9. The van der Waals surface area contributed by atoms with Crippen molar-refractivity contribution in [2.75, 3.05) is 13.1 Å². The lowest BCUT2D eigenvalue weighted by Gasteiger charge is -2.20. The molecule has 0 unspecified atom stereocenters. The Bertz CT molecular complexity index is 404. The Morgan fingerprint density at radius 2 is 2.31 bits per heavy atom. The van der Waals surface area contributed by atoms with E-state index in [1.165, 1.54) is 0 Å². The molecular formula is C12H15BrN2O. The van der Waals surface area contributed by atoms with Gasteiger partial charge in [0.05, 0.1) is 0 Å². The number of hydrogen-bond donors (Lipinski definition) is 0. The number of hydrogen-bond acceptors (Lipinski definition) is 2. The fourth-order valence-corrected chi connectivity index (χ4v) is 1.77. The number of aromatic nitrogens is 1. The summed E-state index contributed by atoms with van der Waals surface area (Å²) >= 11 is 3.33. The quantitative estimate of drug-likeness (QED) is 0.796. The third kappa shape index (κ3) is 3.17. The third-order valence-corrected chi connectivity index (χ3v) is 2.73. The highest BCUT2D eigenvalue weighted by Gasteiger charge is 2.17. The molecule has 0 bridgehead atoms. The molecule has 0 N–H and O–H groups in total. The first kappa shape index (κ1) is 12.9. The van der Waals surface area contributed by atoms with Gasteiger partial charge in [-0.3, -0.25) is 4.79 Å². The minimum atomic E-state index is -0.0713. The molecule has 0 aromatic carbocycles. The standard InChI is InChI=1S/C12H15BrN2O/c1-4-15(8-9(2)3)12(16)11-10(13)6-5-7-14-11/h5-7H,2,4,8H2,1,3H3. The molecule has 0 saturated heterocycles. The molecule has 4 heteroatoms. The summed E-state index contributed by atoms with van der Waals surface area (Å²) in [7, 11) is 0. The number of pyridine rings is 1. The van der Waals surface area contributed by atoms with Crippen LogP contribution in [0.4, 0.5) is 0 Å². The van der Waals surface area contributed by atoms with Gasteiger partial charge in [-0.1, -0.05) is 12.2 Å². The predicted molar refractivity (Wildman–Crippen MR) is 68.3 cm³/mol. The summed E-state index contributed by atoms with van der Waals surface area (Å²) in [6.45, 7) is 8.88. The van der Waals surface area contributed by atoms with Crippen molar-refractivity contribution in [3.8, 4) is 0 Å². The van der Waals surface area contributed by atoms with Crippen molar-refractivity contribution in [3.05, 3.63) is 40.6 Å². The molecule has 1 aromatic heterocycles. The molecule has 0 fully saturated rings. The fraction of sp³-hybridized carbons (Fsp3) is 0.333. The zero-order chi connectivity index (χ0) is 12.1. The van der Waals surface area contributed by atoms with Crippen LogP contribution in [0, 0.1) is 0 Å². The number of carbonyl (C=O) groups excluding carboxylic acids is 1. The van der Waals surface area contributed by atoms with Crippen LogP contribution in [0.3, 0.4) is 0 Å². The van der Waals surface area contributed by atoms with Crippen LogP contribution in [-0.2, 0) is 0 Å². The Balaban J connectivity index is 2.91. The molecule has 86 valence electrons. The van der Waals surface area contributed by atoms with Gasteiger partial charge in [-0.2, -0.15) is 0 Å². The van der Waals surface area contributed by atoms with E-state index in [0.717, 1.165) is 10.0 Å². The van der Waals surface area contributed by atoms with E-state index < -0.39 is 0 Å². The number of rotatable bonds is 4. The normalized spacial score (nSPS) is 9.94. The zero-order valence-electron chi connectivity index (χ0n) is 9.53. The van der Waals surface area contributed by atoms with Gasteiger partial charge in [0.2, 0.25) is 0 Å². The maximum absolute atomic E-state index is 12.1. The van der Waals surface area contributed by atoms with Gasteiger partial charge in [0, 0.05) is 23.8 Å². The molecule has 0 saturated carbocycles. The molecule has 3 nitrogen and oxygen atoms in total. The van der Waals surface area contributed by atoms with Crippen molar-refractivity contribution in [2.45, 2.75) is 13.8 Å². The maximum atomic E-state index is 12.1. The van der Waals surface area contributed by atoms with Gasteiger partial charge in [-0.15, -0.1) is 0 Å². The first-order chi connectivity index (χ1) is 7.56. The molecular weight excluding hydrogens is 268 g/mol. The first-order valence-electron chi connectivity index (χ1n) is 5.10. The van der Waals surface area contributed by atoms with E-state index in [1.807, 2.05) is 19.9 Å². The average molecular weight is 283 g/mol. The second-order valence-electron chi connectivity index (χ2n) is 3.61. The Morgan fingerprint density at radius 1 is 1.62 bits per heavy atom. The van der Waals surface area contributed by atoms with Crippen molar-refractivity contribution in [3.63, 3.8) is 0 Å². The van der Waals surface area contributed by atoms with E-state index in [4.69, 9.17) is 0 Å². The van der Waals surface area contributed by atoms with Crippen LogP contribution in [0.2, 0.25) is 0 Å². The van der Waals surface area contributed by atoms with Crippen molar-refractivity contribution in [1.29, 1.82) is 0 Å². The van der Waals surface area contributed by atoms with Crippen LogP contribution >= 0.6 is 15.9 Å². The zero-order valence-corrected chi connectivity index (χ0v) is 11.1. The topological polar surface area (TPSA) is 33.2 Å². The lowest BCUT2D eigenvalue weighted by molar-refractivity contribution is 0.0771. The molecule has 0 aliphatic rings. The van der Waals surface area contributed by atoms with Crippen molar-refractivity contribution < 1.29 is 4.79 Å². The molecule has 0 atom stereocenters. The fourth-order valence-electron chi connectivity index (χ4n) is 1.35. The second-order valence-corrected chi connectivity index (χ2v) is 4.46. The Kier molecular flexibility index (Phi) is 4.68. The SMILES string of the molecule is C=C(C)CN(CC)C(=O)c1ncccc1Br. The van der Waals surface area contributed by atoms with Crippen LogP contribution < -0.4 is 0 Å². The van der Waals surface area contributed by atoms with Gasteiger partial charge in [0.1, 0.15) is 5.69 Å². The van der Waals surface area contributed by atoms with E-state index in [-0.39, 0.29) is 5.91 Å². The summed E-state index contributed by atoms with van der Waals surface area (Å²) in [6, 6.07) is 3.60. The van der Waals surface area contributed by atoms with E-state index in [2.05, 4.69) is 27.5 Å². The molecule has 0 aliphatic heterocycles. The van der Waals surface area contributed by atoms with Crippen LogP contribution in [-0.4, -0.2) is 28.9 Å². The van der Waals surface area contributed by atoms with E-state index in [0.29, 0.717) is 18.8 Å². The van der Waals surface area contributed by atoms with Gasteiger partial charge in [0.25, 0.3) is 5.91 Å². The van der Waals surface area contributed by atoms with E-state index in [1.54, 1.807) is 17.2 Å². The van der Waals surface area contributed by atoms with E-state index in [9.17, 15) is 4.79 Å². The highest BCUT2D eigenvalue weighted by Crippen LogP contribution is 2.15. The summed E-state index contributed by atoms with van der Waals surface area (Å²) in [5.41, 5.74) is 1.41. The molecule has 1 aromatic rings.